The van der Waals surface area contributed by atoms with Gasteiger partial charge >= 0.3 is 5.91 Å². The lowest BCUT2D eigenvalue weighted by Gasteiger charge is -2.23. The number of nitro groups is 1. The molecule has 14 heteroatoms. The molecule has 202 valence electrons. The third-order valence-corrected chi connectivity index (χ3v) is 10.0. The number of aromatic nitrogens is 1. The second-order valence-electron chi connectivity index (χ2n) is 8.45. The van der Waals surface area contributed by atoms with Crippen LogP contribution in [-0.4, -0.2) is 35.1 Å². The molecule has 1 amide bonds. The van der Waals surface area contributed by atoms with Crippen LogP contribution in [0.15, 0.2) is 98.1 Å². The quantitative estimate of drug-likeness (QED) is 0.0880. The molecule has 40 heavy (non-hydrogen) atoms. The number of amides is 1. The van der Waals surface area contributed by atoms with Crippen LogP contribution >= 0.6 is 38.9 Å². The third-order valence-electron chi connectivity index (χ3n) is 6.03. The van der Waals surface area contributed by atoms with Gasteiger partial charge in [0.05, 0.1) is 27.6 Å². The SMILES string of the molecule is O=C1C(=O)N(c2ncc(S(=O)(=O)c3ccc([N+](=O)[O-])cc3)s2)C(c2cccc(Br)c2)/C1=C(/O)c1ccc(Cl)cc1. The van der Waals surface area contributed by atoms with E-state index in [1.165, 1.54) is 24.3 Å². The number of carbonyl (C=O) groups is 2. The van der Waals surface area contributed by atoms with Crippen molar-refractivity contribution in [1.82, 2.24) is 4.98 Å². The molecular weight excluding hydrogens is 646 g/mol. The molecule has 0 aliphatic carbocycles. The highest BCUT2D eigenvalue weighted by Crippen LogP contribution is 2.44. The largest absolute Gasteiger partial charge is 0.507 e. The minimum Gasteiger partial charge on any atom is -0.507 e. The lowest BCUT2D eigenvalue weighted by Crippen LogP contribution is -2.29. The number of sulfone groups is 1. The lowest BCUT2D eigenvalue weighted by atomic mass is 9.95. The monoisotopic (exact) mass is 659 g/mol. The van der Waals surface area contributed by atoms with E-state index in [2.05, 4.69) is 20.9 Å². The van der Waals surface area contributed by atoms with E-state index < -0.39 is 38.3 Å². The average Bonchev–Trinajstić information content (AvgIpc) is 3.52. The van der Waals surface area contributed by atoms with Crippen LogP contribution in [0.1, 0.15) is 17.2 Å². The van der Waals surface area contributed by atoms with Crippen molar-refractivity contribution in [3.05, 3.63) is 115 Å². The topological polar surface area (TPSA) is 148 Å². The fourth-order valence-corrected chi connectivity index (χ4v) is 7.22. The summed E-state index contributed by atoms with van der Waals surface area (Å²) in [6.07, 6.45) is 1.05. The number of thiazole rings is 1. The van der Waals surface area contributed by atoms with Crippen LogP contribution in [0.4, 0.5) is 10.8 Å². The summed E-state index contributed by atoms with van der Waals surface area (Å²) in [5.74, 6) is -2.42. The first kappa shape index (κ1) is 27.6. The van der Waals surface area contributed by atoms with Gasteiger partial charge in [0.15, 0.2) is 5.13 Å². The Hall–Kier alpha value is -3.91. The molecule has 0 radical (unpaired) electrons. The second kappa shape index (κ2) is 10.6. The molecule has 1 saturated heterocycles. The number of halogens is 2. The molecule has 0 spiro atoms. The molecule has 4 aromatic rings. The average molecular weight is 661 g/mol. The highest BCUT2D eigenvalue weighted by molar-refractivity contribution is 9.10. The summed E-state index contributed by atoms with van der Waals surface area (Å²) in [5, 5.41) is 22.4. The number of benzene rings is 3. The summed E-state index contributed by atoms with van der Waals surface area (Å²) in [5.41, 5.74) is 0.226. The van der Waals surface area contributed by atoms with Crippen LogP contribution in [0.2, 0.25) is 5.02 Å². The summed E-state index contributed by atoms with van der Waals surface area (Å²) in [6, 6.07) is 16.0. The van der Waals surface area contributed by atoms with Gasteiger partial charge in [-0.25, -0.2) is 13.4 Å². The van der Waals surface area contributed by atoms with Gasteiger partial charge < -0.3 is 5.11 Å². The molecule has 2 heterocycles. The zero-order chi connectivity index (χ0) is 28.8. The molecular formula is C26H15BrClN3O7S2. The van der Waals surface area contributed by atoms with Crippen LogP contribution in [0.3, 0.4) is 0 Å². The number of aliphatic hydroxyl groups excluding tert-OH is 1. The van der Waals surface area contributed by atoms with E-state index in [4.69, 9.17) is 11.6 Å². The van der Waals surface area contributed by atoms with E-state index in [1.807, 2.05) is 0 Å². The maximum absolute atomic E-state index is 13.4. The Bertz CT molecular complexity index is 1820. The number of anilines is 1. The third kappa shape index (κ3) is 4.92. The highest BCUT2D eigenvalue weighted by Gasteiger charge is 2.48. The molecule has 5 rings (SSSR count). The highest BCUT2D eigenvalue weighted by atomic mass is 79.9. The number of nitro benzene ring substituents is 1. The van der Waals surface area contributed by atoms with Gasteiger partial charge in [-0.1, -0.05) is 51.0 Å². The number of ketones is 1. The number of Topliss-reactive ketones (excluding diaryl/α,β-unsaturated/α-hetero) is 1. The van der Waals surface area contributed by atoms with Gasteiger partial charge in [-0.2, -0.15) is 0 Å². The number of nitrogens with zero attached hydrogens (tertiary/aromatic N) is 3. The fraction of sp³-hybridized carbons (Fsp3) is 0.0385. The molecule has 1 atom stereocenters. The smallest absolute Gasteiger partial charge is 0.301 e. The molecule has 3 aromatic carbocycles. The molecule has 0 saturated carbocycles. The number of hydrogen-bond donors (Lipinski definition) is 1. The van der Waals surface area contributed by atoms with Gasteiger partial charge in [0.25, 0.3) is 11.5 Å². The van der Waals surface area contributed by atoms with E-state index in [0.717, 1.165) is 35.4 Å². The molecule has 10 nitrogen and oxygen atoms in total. The lowest BCUT2D eigenvalue weighted by molar-refractivity contribution is -0.384. The first-order valence-electron chi connectivity index (χ1n) is 11.3. The summed E-state index contributed by atoms with van der Waals surface area (Å²) in [6.45, 7) is 0. The van der Waals surface area contributed by atoms with Crippen LogP contribution < -0.4 is 4.90 Å². The number of non-ortho nitro benzene ring substituents is 1. The van der Waals surface area contributed by atoms with Gasteiger partial charge in [0, 0.05) is 27.2 Å². The Morgan fingerprint density at radius 1 is 1.07 bits per heavy atom. The summed E-state index contributed by atoms with van der Waals surface area (Å²) < 4.78 is 26.9. The summed E-state index contributed by atoms with van der Waals surface area (Å²) in [4.78, 5) is 41.9. The number of hydrogen-bond acceptors (Lipinski definition) is 9. The standard InChI is InChI=1S/C26H15BrClN3O7S2/c27-16-3-1-2-15(12-16)22-21(23(32)14-4-6-17(28)7-5-14)24(33)25(34)30(22)26-29-13-20(39-26)40(37,38)19-10-8-18(9-11-19)31(35)36/h1-13,22,32H/b23-21-. The first-order valence-corrected chi connectivity index (χ1v) is 14.7. The Morgan fingerprint density at radius 3 is 2.38 bits per heavy atom. The van der Waals surface area contributed by atoms with Crippen molar-refractivity contribution in [2.24, 2.45) is 0 Å². The van der Waals surface area contributed by atoms with E-state index in [0.29, 0.717) is 26.4 Å². The number of aliphatic hydroxyl groups is 1. The van der Waals surface area contributed by atoms with Gasteiger partial charge in [-0.15, -0.1) is 0 Å². The van der Waals surface area contributed by atoms with Crippen LogP contribution in [-0.2, 0) is 19.4 Å². The fourth-order valence-electron chi connectivity index (χ4n) is 4.13. The Balaban J connectivity index is 1.62. The van der Waals surface area contributed by atoms with Crippen molar-refractivity contribution in [3.63, 3.8) is 0 Å². The number of carbonyl (C=O) groups excluding carboxylic acids is 2. The van der Waals surface area contributed by atoms with Crippen molar-refractivity contribution < 1.29 is 28.0 Å². The van der Waals surface area contributed by atoms with E-state index in [-0.39, 0.29) is 31.1 Å². The van der Waals surface area contributed by atoms with Gasteiger partial charge in [0.1, 0.15) is 9.97 Å². The Labute approximate surface area is 244 Å². The van der Waals surface area contributed by atoms with E-state index in [9.17, 15) is 33.2 Å². The van der Waals surface area contributed by atoms with Crippen molar-refractivity contribution in [2.45, 2.75) is 15.1 Å². The first-order chi connectivity index (χ1) is 19.0. The van der Waals surface area contributed by atoms with E-state index >= 15 is 0 Å². The maximum Gasteiger partial charge on any atom is 0.301 e. The zero-order valence-corrected chi connectivity index (χ0v) is 23.9. The van der Waals surface area contributed by atoms with Crippen molar-refractivity contribution in [1.29, 1.82) is 0 Å². The summed E-state index contributed by atoms with van der Waals surface area (Å²) >= 11 is 9.99. The Kier molecular flexibility index (Phi) is 7.31. The van der Waals surface area contributed by atoms with Crippen LogP contribution in [0.5, 0.6) is 0 Å². The summed E-state index contributed by atoms with van der Waals surface area (Å²) in [7, 11) is -4.16. The van der Waals surface area contributed by atoms with Crippen molar-refractivity contribution in [2.75, 3.05) is 4.90 Å². The van der Waals surface area contributed by atoms with Gasteiger partial charge in [-0.05, 0) is 54.1 Å². The van der Waals surface area contributed by atoms with E-state index in [1.54, 1.807) is 24.3 Å². The molecule has 1 N–H and O–H groups in total. The zero-order valence-electron chi connectivity index (χ0n) is 19.9. The Morgan fingerprint density at radius 2 is 1.75 bits per heavy atom. The van der Waals surface area contributed by atoms with Crippen LogP contribution in [0.25, 0.3) is 5.76 Å². The molecule has 1 aliphatic rings. The molecule has 1 unspecified atom stereocenters. The minimum absolute atomic E-state index is 0.0947. The molecule has 1 aromatic heterocycles. The molecule has 0 bridgehead atoms. The predicted molar refractivity (Wildman–Crippen MR) is 151 cm³/mol. The maximum atomic E-state index is 13.4. The van der Waals surface area contributed by atoms with Crippen molar-refractivity contribution >= 4 is 77.0 Å². The van der Waals surface area contributed by atoms with Crippen molar-refractivity contribution in [3.8, 4) is 0 Å². The van der Waals surface area contributed by atoms with Gasteiger partial charge in [-0.3, -0.25) is 24.6 Å². The molecule has 1 aliphatic heterocycles. The van der Waals surface area contributed by atoms with Crippen LogP contribution in [0, 0.1) is 10.1 Å². The predicted octanol–water partition coefficient (Wildman–Crippen LogP) is 5.93. The minimum atomic E-state index is -4.16. The molecule has 1 fully saturated rings. The van der Waals surface area contributed by atoms with Gasteiger partial charge in [0.2, 0.25) is 9.84 Å². The number of rotatable bonds is 6. The normalized spacial score (nSPS) is 16.9. The second-order valence-corrected chi connectivity index (χ2v) is 13.0.